The zero-order valence-corrected chi connectivity index (χ0v) is 17.6. The van der Waals surface area contributed by atoms with Crippen LogP contribution in [0.5, 0.6) is 5.75 Å². The smallest absolute Gasteiger partial charge is 0.262 e. The van der Waals surface area contributed by atoms with Gasteiger partial charge >= 0.3 is 0 Å². The monoisotopic (exact) mass is 404 g/mol. The van der Waals surface area contributed by atoms with Crippen molar-refractivity contribution in [3.63, 3.8) is 0 Å². The summed E-state index contributed by atoms with van der Waals surface area (Å²) < 4.78 is 32.3. The largest absolute Gasteiger partial charge is 0.483 e. The Hall–Kier alpha value is -2.38. The summed E-state index contributed by atoms with van der Waals surface area (Å²) in [6, 6.07) is 13.9. The molecule has 0 heterocycles. The van der Waals surface area contributed by atoms with Gasteiger partial charge in [0.05, 0.1) is 4.90 Å². The van der Waals surface area contributed by atoms with Crippen LogP contribution in [0.3, 0.4) is 0 Å². The molecular formula is C21H28N2O4S. The Labute approximate surface area is 167 Å². The van der Waals surface area contributed by atoms with Crippen molar-refractivity contribution in [1.29, 1.82) is 0 Å². The van der Waals surface area contributed by atoms with E-state index in [9.17, 15) is 13.2 Å². The van der Waals surface area contributed by atoms with Crippen molar-refractivity contribution >= 4 is 21.6 Å². The van der Waals surface area contributed by atoms with Crippen LogP contribution in [0, 0.1) is 0 Å². The summed E-state index contributed by atoms with van der Waals surface area (Å²) in [7, 11) is -3.58. The lowest BCUT2D eigenvalue weighted by atomic mass is 10.0. The van der Waals surface area contributed by atoms with Crippen LogP contribution in [-0.4, -0.2) is 38.3 Å². The number of carbonyl (C=O) groups excluding carboxylic acids is 1. The SMILES string of the molecule is CCN(CC)S(=O)(=O)c1cccc(NC(=O)COc2ccccc2C(C)C)c1. The van der Waals surface area contributed by atoms with Crippen LogP contribution < -0.4 is 10.1 Å². The quantitative estimate of drug-likeness (QED) is 0.689. The minimum absolute atomic E-state index is 0.153. The van der Waals surface area contributed by atoms with Crippen LogP contribution >= 0.6 is 0 Å². The molecule has 7 heteroatoms. The van der Waals surface area contributed by atoms with Gasteiger partial charge in [0.2, 0.25) is 10.0 Å². The lowest BCUT2D eigenvalue weighted by molar-refractivity contribution is -0.118. The molecule has 0 aromatic heterocycles. The lowest BCUT2D eigenvalue weighted by Gasteiger charge is -2.19. The Kier molecular flexibility index (Phi) is 7.60. The number of anilines is 1. The maximum absolute atomic E-state index is 12.6. The van der Waals surface area contributed by atoms with E-state index in [1.807, 2.05) is 24.3 Å². The van der Waals surface area contributed by atoms with E-state index in [2.05, 4.69) is 19.2 Å². The summed E-state index contributed by atoms with van der Waals surface area (Å²) in [5.74, 6) is 0.600. The molecule has 0 aliphatic heterocycles. The Morgan fingerprint density at radius 1 is 1.07 bits per heavy atom. The summed E-state index contributed by atoms with van der Waals surface area (Å²) in [6.45, 7) is 8.32. The highest BCUT2D eigenvalue weighted by Gasteiger charge is 2.21. The summed E-state index contributed by atoms with van der Waals surface area (Å²) in [5.41, 5.74) is 1.45. The van der Waals surface area contributed by atoms with Gasteiger partial charge in [0, 0.05) is 18.8 Å². The first-order chi connectivity index (χ1) is 13.3. The molecule has 0 aliphatic rings. The Bertz CT molecular complexity index is 906. The highest BCUT2D eigenvalue weighted by molar-refractivity contribution is 7.89. The number of carbonyl (C=O) groups is 1. The fourth-order valence-electron chi connectivity index (χ4n) is 2.88. The number of sulfonamides is 1. The molecule has 0 saturated heterocycles. The molecule has 0 aliphatic carbocycles. The van der Waals surface area contributed by atoms with Gasteiger partial charge in [-0.25, -0.2) is 8.42 Å². The summed E-state index contributed by atoms with van der Waals surface area (Å²) in [6.07, 6.45) is 0. The predicted octanol–water partition coefficient (Wildman–Crippen LogP) is 3.86. The van der Waals surface area contributed by atoms with Crippen molar-refractivity contribution in [2.24, 2.45) is 0 Å². The molecule has 0 saturated carbocycles. The molecule has 1 N–H and O–H groups in total. The minimum atomic E-state index is -3.58. The Morgan fingerprint density at radius 2 is 1.75 bits per heavy atom. The molecule has 0 radical (unpaired) electrons. The van der Waals surface area contributed by atoms with Crippen LogP contribution in [0.1, 0.15) is 39.2 Å². The molecule has 0 unspecified atom stereocenters. The number of nitrogens with zero attached hydrogens (tertiary/aromatic N) is 1. The van der Waals surface area contributed by atoms with Gasteiger partial charge in [0.15, 0.2) is 6.61 Å². The van der Waals surface area contributed by atoms with Gasteiger partial charge in [-0.3, -0.25) is 4.79 Å². The molecule has 0 spiro atoms. The van der Waals surface area contributed by atoms with Crippen LogP contribution in [0.15, 0.2) is 53.4 Å². The van der Waals surface area contributed by atoms with E-state index in [0.29, 0.717) is 24.5 Å². The number of ether oxygens (including phenoxy) is 1. The van der Waals surface area contributed by atoms with E-state index in [0.717, 1.165) is 5.56 Å². The van der Waals surface area contributed by atoms with Gasteiger partial charge in [0.1, 0.15) is 5.75 Å². The highest BCUT2D eigenvalue weighted by Crippen LogP contribution is 2.26. The molecule has 28 heavy (non-hydrogen) atoms. The predicted molar refractivity (Wildman–Crippen MR) is 111 cm³/mol. The number of benzene rings is 2. The average Bonchev–Trinajstić information content (AvgIpc) is 2.67. The van der Waals surface area contributed by atoms with Gasteiger partial charge in [-0.05, 0) is 35.7 Å². The third-order valence-corrected chi connectivity index (χ3v) is 6.41. The van der Waals surface area contributed by atoms with Gasteiger partial charge in [-0.1, -0.05) is 52.0 Å². The summed E-state index contributed by atoms with van der Waals surface area (Å²) in [5, 5.41) is 2.70. The second-order valence-electron chi connectivity index (χ2n) is 6.65. The van der Waals surface area contributed by atoms with Gasteiger partial charge in [-0.2, -0.15) is 4.31 Å². The van der Waals surface area contributed by atoms with Gasteiger partial charge in [-0.15, -0.1) is 0 Å². The molecule has 6 nitrogen and oxygen atoms in total. The second kappa shape index (κ2) is 9.71. The average molecular weight is 405 g/mol. The van der Waals surface area contributed by atoms with Crippen molar-refractivity contribution < 1.29 is 17.9 Å². The number of hydrogen-bond acceptors (Lipinski definition) is 4. The molecule has 2 aromatic carbocycles. The summed E-state index contributed by atoms with van der Waals surface area (Å²) >= 11 is 0. The molecule has 2 aromatic rings. The number of nitrogens with one attached hydrogen (secondary N) is 1. The van der Waals surface area contributed by atoms with Crippen molar-refractivity contribution in [2.75, 3.05) is 25.0 Å². The second-order valence-corrected chi connectivity index (χ2v) is 8.58. The molecule has 0 atom stereocenters. The third kappa shape index (κ3) is 5.33. The molecule has 1 amide bonds. The van der Waals surface area contributed by atoms with E-state index in [1.165, 1.54) is 16.4 Å². The molecule has 152 valence electrons. The van der Waals surface area contributed by atoms with Crippen LogP contribution in [-0.2, 0) is 14.8 Å². The van der Waals surface area contributed by atoms with E-state index >= 15 is 0 Å². The van der Waals surface area contributed by atoms with Gasteiger partial charge in [0.25, 0.3) is 5.91 Å². The zero-order chi connectivity index (χ0) is 20.7. The molecule has 2 rings (SSSR count). The summed E-state index contributed by atoms with van der Waals surface area (Å²) in [4.78, 5) is 12.4. The standard InChI is InChI=1S/C21H28N2O4S/c1-5-23(6-2)28(25,26)18-11-9-10-17(14-18)22-21(24)15-27-20-13-8-7-12-19(20)16(3)4/h7-14,16H,5-6,15H2,1-4H3,(H,22,24). The van der Waals surface area contributed by atoms with E-state index in [4.69, 9.17) is 4.74 Å². The number of rotatable bonds is 9. The minimum Gasteiger partial charge on any atom is -0.483 e. The first-order valence-electron chi connectivity index (χ1n) is 9.41. The topological polar surface area (TPSA) is 75.7 Å². The van der Waals surface area contributed by atoms with Crippen molar-refractivity contribution in [3.8, 4) is 5.75 Å². The highest BCUT2D eigenvalue weighted by atomic mass is 32.2. The van der Waals surface area contributed by atoms with Crippen molar-refractivity contribution in [3.05, 3.63) is 54.1 Å². The number of hydrogen-bond donors (Lipinski definition) is 1. The maximum Gasteiger partial charge on any atom is 0.262 e. The number of amides is 1. The Morgan fingerprint density at radius 3 is 2.39 bits per heavy atom. The van der Waals surface area contributed by atoms with Crippen molar-refractivity contribution in [2.45, 2.75) is 38.5 Å². The first-order valence-corrected chi connectivity index (χ1v) is 10.8. The van der Waals surface area contributed by atoms with E-state index in [-0.39, 0.29) is 23.3 Å². The number of para-hydroxylation sites is 1. The van der Waals surface area contributed by atoms with Crippen LogP contribution in [0.2, 0.25) is 0 Å². The van der Waals surface area contributed by atoms with Crippen molar-refractivity contribution in [1.82, 2.24) is 4.31 Å². The van der Waals surface area contributed by atoms with Crippen LogP contribution in [0.4, 0.5) is 5.69 Å². The maximum atomic E-state index is 12.6. The van der Waals surface area contributed by atoms with Gasteiger partial charge < -0.3 is 10.1 Å². The van der Waals surface area contributed by atoms with Crippen LogP contribution in [0.25, 0.3) is 0 Å². The zero-order valence-electron chi connectivity index (χ0n) is 16.8. The molecular weight excluding hydrogens is 376 g/mol. The fraction of sp³-hybridized carbons (Fsp3) is 0.381. The third-order valence-electron chi connectivity index (χ3n) is 4.36. The molecule has 0 bridgehead atoms. The molecule has 0 fully saturated rings. The van der Waals surface area contributed by atoms with E-state index < -0.39 is 10.0 Å². The normalized spacial score (nSPS) is 11.6. The van der Waals surface area contributed by atoms with E-state index in [1.54, 1.807) is 26.0 Å². The first kappa shape index (κ1) is 21.9. The Balaban J connectivity index is 2.08. The fourth-order valence-corrected chi connectivity index (χ4v) is 4.38. The lowest BCUT2D eigenvalue weighted by Crippen LogP contribution is -2.30.